The van der Waals surface area contributed by atoms with Gasteiger partial charge in [0.05, 0.1) is 10.6 Å². The van der Waals surface area contributed by atoms with Gasteiger partial charge in [-0.05, 0) is 48.6 Å². The monoisotopic (exact) mass is 337 g/mol. The third-order valence-corrected chi connectivity index (χ3v) is 5.97. The van der Waals surface area contributed by atoms with Gasteiger partial charge in [0.25, 0.3) is 0 Å². The van der Waals surface area contributed by atoms with Gasteiger partial charge in [0.15, 0.2) is 9.84 Å². The number of aryl methyl sites for hydroxylation is 1. The van der Waals surface area contributed by atoms with Crippen LogP contribution in [0.2, 0.25) is 0 Å². The van der Waals surface area contributed by atoms with Crippen molar-refractivity contribution in [2.24, 2.45) is 0 Å². The molecule has 0 fully saturated rings. The number of amides is 1. The predicted octanol–water partition coefficient (Wildman–Crippen LogP) is 3.50. The maximum Gasteiger partial charge on any atom is 0.224 e. The van der Waals surface area contributed by atoms with Crippen LogP contribution in [0.25, 0.3) is 0 Å². The van der Waals surface area contributed by atoms with Gasteiger partial charge in [0, 0.05) is 17.0 Å². The van der Waals surface area contributed by atoms with Gasteiger partial charge in [-0.1, -0.05) is 13.0 Å². The fourth-order valence-electron chi connectivity index (χ4n) is 2.01. The summed E-state index contributed by atoms with van der Waals surface area (Å²) in [6, 6.07) is 10.4. The van der Waals surface area contributed by atoms with Crippen molar-refractivity contribution in [1.82, 2.24) is 0 Å². The van der Waals surface area contributed by atoms with Crippen LogP contribution in [-0.4, -0.2) is 20.1 Å². The highest BCUT2D eigenvalue weighted by Gasteiger charge is 2.11. The van der Waals surface area contributed by atoms with Crippen molar-refractivity contribution >= 4 is 32.8 Å². The predicted molar refractivity (Wildman–Crippen MR) is 90.1 cm³/mol. The number of carbonyl (C=O) groups excluding carboxylic acids is 1. The van der Waals surface area contributed by atoms with Crippen LogP contribution in [0.3, 0.4) is 0 Å². The van der Waals surface area contributed by atoms with E-state index in [9.17, 15) is 13.2 Å². The van der Waals surface area contributed by atoms with Gasteiger partial charge in [-0.2, -0.15) is 0 Å². The molecule has 22 heavy (non-hydrogen) atoms. The van der Waals surface area contributed by atoms with E-state index in [-0.39, 0.29) is 16.6 Å². The van der Waals surface area contributed by atoms with Gasteiger partial charge in [0.1, 0.15) is 0 Å². The fraction of sp³-hybridized carbons (Fsp3) is 0.312. The SMILES string of the molecule is CCS(=O)(=O)c1ccc(NC(=O)CCCc2cccs2)cc1. The van der Waals surface area contributed by atoms with Crippen LogP contribution in [0.15, 0.2) is 46.7 Å². The van der Waals surface area contributed by atoms with Crippen LogP contribution in [-0.2, 0) is 21.1 Å². The molecule has 1 heterocycles. The average Bonchev–Trinajstić information content (AvgIpc) is 3.01. The Kier molecular flexibility index (Phi) is 5.74. The lowest BCUT2D eigenvalue weighted by Crippen LogP contribution is -2.11. The summed E-state index contributed by atoms with van der Waals surface area (Å²) in [5, 5.41) is 4.82. The van der Waals surface area contributed by atoms with E-state index < -0.39 is 9.84 Å². The summed E-state index contributed by atoms with van der Waals surface area (Å²) < 4.78 is 23.4. The second-order valence-electron chi connectivity index (χ2n) is 4.91. The van der Waals surface area contributed by atoms with Crippen LogP contribution in [0.5, 0.6) is 0 Å². The second kappa shape index (κ2) is 7.56. The Hall–Kier alpha value is -1.66. The molecule has 0 aliphatic rings. The second-order valence-corrected chi connectivity index (χ2v) is 8.22. The Labute approximate surface area is 135 Å². The van der Waals surface area contributed by atoms with Gasteiger partial charge in [-0.25, -0.2) is 8.42 Å². The lowest BCUT2D eigenvalue weighted by Gasteiger charge is -2.06. The first-order valence-electron chi connectivity index (χ1n) is 7.16. The third kappa shape index (κ3) is 4.68. The standard InChI is InChI=1S/C16H19NO3S2/c1-2-22(19,20)15-10-8-13(9-11-15)17-16(18)7-3-5-14-6-4-12-21-14/h4,6,8-12H,2-3,5,7H2,1H3,(H,17,18). The molecule has 1 aromatic heterocycles. The highest BCUT2D eigenvalue weighted by molar-refractivity contribution is 7.91. The van der Waals surface area contributed by atoms with Crippen molar-refractivity contribution in [2.45, 2.75) is 31.1 Å². The molecular weight excluding hydrogens is 318 g/mol. The van der Waals surface area contributed by atoms with Crippen molar-refractivity contribution in [3.63, 3.8) is 0 Å². The largest absolute Gasteiger partial charge is 0.326 e. The van der Waals surface area contributed by atoms with Crippen LogP contribution >= 0.6 is 11.3 Å². The number of rotatable bonds is 7. The van der Waals surface area contributed by atoms with E-state index in [4.69, 9.17) is 0 Å². The van der Waals surface area contributed by atoms with E-state index >= 15 is 0 Å². The quantitative estimate of drug-likeness (QED) is 0.841. The van der Waals surface area contributed by atoms with E-state index in [1.807, 2.05) is 11.4 Å². The van der Waals surface area contributed by atoms with Crippen molar-refractivity contribution in [1.29, 1.82) is 0 Å². The van der Waals surface area contributed by atoms with Crippen LogP contribution in [0, 0.1) is 0 Å². The summed E-state index contributed by atoms with van der Waals surface area (Å²) in [4.78, 5) is 13.4. The van der Waals surface area contributed by atoms with Crippen molar-refractivity contribution in [2.75, 3.05) is 11.1 Å². The minimum absolute atomic E-state index is 0.0531. The lowest BCUT2D eigenvalue weighted by atomic mass is 10.2. The minimum atomic E-state index is -3.19. The van der Waals surface area contributed by atoms with E-state index in [1.165, 1.54) is 17.0 Å². The first-order valence-corrected chi connectivity index (χ1v) is 9.69. The Morgan fingerprint density at radius 3 is 2.50 bits per heavy atom. The summed E-state index contributed by atoms with van der Waals surface area (Å²) in [5.41, 5.74) is 0.621. The third-order valence-electron chi connectivity index (χ3n) is 3.28. The number of carbonyl (C=O) groups is 1. The molecule has 118 valence electrons. The number of thiophene rings is 1. The van der Waals surface area contributed by atoms with E-state index in [0.29, 0.717) is 12.1 Å². The molecular formula is C16H19NO3S2. The van der Waals surface area contributed by atoms with Crippen molar-refractivity contribution in [3.8, 4) is 0 Å². The Morgan fingerprint density at radius 1 is 1.18 bits per heavy atom. The zero-order chi connectivity index (χ0) is 16.0. The fourth-order valence-corrected chi connectivity index (χ4v) is 3.65. The number of hydrogen-bond donors (Lipinski definition) is 1. The van der Waals surface area contributed by atoms with Crippen molar-refractivity contribution in [3.05, 3.63) is 46.7 Å². The van der Waals surface area contributed by atoms with Crippen LogP contribution < -0.4 is 5.32 Å². The first kappa shape index (κ1) is 16.7. The Morgan fingerprint density at radius 2 is 1.91 bits per heavy atom. The summed E-state index contributed by atoms with van der Waals surface area (Å²) in [5.74, 6) is 0.0178. The van der Waals surface area contributed by atoms with Gasteiger partial charge in [-0.3, -0.25) is 4.79 Å². The lowest BCUT2D eigenvalue weighted by molar-refractivity contribution is -0.116. The molecule has 0 saturated heterocycles. The smallest absolute Gasteiger partial charge is 0.224 e. The van der Waals surface area contributed by atoms with Crippen molar-refractivity contribution < 1.29 is 13.2 Å². The molecule has 1 aromatic carbocycles. The molecule has 1 amide bonds. The van der Waals surface area contributed by atoms with E-state index in [0.717, 1.165) is 12.8 Å². The molecule has 0 aliphatic heterocycles. The van der Waals surface area contributed by atoms with E-state index in [1.54, 1.807) is 30.4 Å². The average molecular weight is 337 g/mol. The molecule has 0 atom stereocenters. The van der Waals surface area contributed by atoms with Crippen LogP contribution in [0.4, 0.5) is 5.69 Å². The number of benzene rings is 1. The summed E-state index contributed by atoms with van der Waals surface area (Å²) in [7, 11) is -3.19. The molecule has 0 aliphatic carbocycles. The molecule has 0 unspecified atom stereocenters. The maximum atomic E-state index is 11.9. The van der Waals surface area contributed by atoms with Gasteiger partial charge >= 0.3 is 0 Å². The van der Waals surface area contributed by atoms with Gasteiger partial charge < -0.3 is 5.32 Å². The number of nitrogens with one attached hydrogen (secondary N) is 1. The first-order chi connectivity index (χ1) is 10.5. The zero-order valence-electron chi connectivity index (χ0n) is 12.4. The molecule has 0 radical (unpaired) electrons. The summed E-state index contributed by atoms with van der Waals surface area (Å²) in [6.45, 7) is 1.61. The molecule has 0 saturated carbocycles. The molecule has 2 rings (SSSR count). The zero-order valence-corrected chi connectivity index (χ0v) is 14.0. The normalized spacial score (nSPS) is 11.3. The topological polar surface area (TPSA) is 63.2 Å². The maximum absolute atomic E-state index is 11.9. The number of anilines is 1. The molecule has 0 spiro atoms. The van der Waals surface area contributed by atoms with Gasteiger partial charge in [-0.15, -0.1) is 11.3 Å². The highest BCUT2D eigenvalue weighted by atomic mass is 32.2. The molecule has 0 bridgehead atoms. The number of sulfone groups is 1. The molecule has 2 aromatic rings. The Bertz CT molecular complexity index is 704. The molecule has 1 N–H and O–H groups in total. The van der Waals surface area contributed by atoms with Crippen LogP contribution in [0.1, 0.15) is 24.6 Å². The number of hydrogen-bond acceptors (Lipinski definition) is 4. The highest BCUT2D eigenvalue weighted by Crippen LogP contribution is 2.16. The molecule has 6 heteroatoms. The van der Waals surface area contributed by atoms with E-state index in [2.05, 4.69) is 11.4 Å². The minimum Gasteiger partial charge on any atom is -0.326 e. The summed E-state index contributed by atoms with van der Waals surface area (Å²) >= 11 is 1.70. The Balaban J connectivity index is 1.84. The molecule has 4 nitrogen and oxygen atoms in total. The van der Waals surface area contributed by atoms with Gasteiger partial charge in [0.2, 0.25) is 5.91 Å². The summed E-state index contributed by atoms with van der Waals surface area (Å²) in [6.07, 6.45) is 2.15.